The first-order chi connectivity index (χ1) is 13.1. The van der Waals surface area contributed by atoms with E-state index >= 15 is 0 Å². The van der Waals surface area contributed by atoms with Crippen molar-refractivity contribution in [3.05, 3.63) is 64.3 Å². The summed E-state index contributed by atoms with van der Waals surface area (Å²) in [5, 5.41) is 8.27. The van der Waals surface area contributed by atoms with Gasteiger partial charge in [-0.1, -0.05) is 23.7 Å². The van der Waals surface area contributed by atoms with E-state index in [0.717, 1.165) is 28.3 Å². The van der Waals surface area contributed by atoms with Crippen LogP contribution in [-0.4, -0.2) is 22.5 Å². The number of halogens is 1. The predicted octanol–water partition coefficient (Wildman–Crippen LogP) is 4.04. The minimum Gasteiger partial charge on any atom is -0.454 e. The summed E-state index contributed by atoms with van der Waals surface area (Å²) < 4.78 is 12.6. The van der Waals surface area contributed by atoms with Gasteiger partial charge in [0.15, 0.2) is 11.5 Å². The van der Waals surface area contributed by atoms with Crippen LogP contribution in [0.3, 0.4) is 0 Å². The van der Waals surface area contributed by atoms with Crippen molar-refractivity contribution in [1.82, 2.24) is 9.78 Å². The van der Waals surface area contributed by atoms with Crippen molar-refractivity contribution in [1.29, 1.82) is 0 Å². The fourth-order valence-corrected chi connectivity index (χ4v) is 3.94. The molecule has 0 saturated heterocycles. The van der Waals surface area contributed by atoms with Crippen molar-refractivity contribution >= 4 is 23.3 Å². The van der Waals surface area contributed by atoms with Crippen LogP contribution in [0.15, 0.2) is 42.5 Å². The number of amides is 1. The normalized spacial score (nSPS) is 17.6. The van der Waals surface area contributed by atoms with Gasteiger partial charge in [0.1, 0.15) is 5.82 Å². The molecule has 27 heavy (non-hydrogen) atoms. The number of ether oxygens (including phenoxy) is 2. The van der Waals surface area contributed by atoms with Gasteiger partial charge in [-0.15, -0.1) is 0 Å². The second kappa shape index (κ2) is 6.03. The van der Waals surface area contributed by atoms with Gasteiger partial charge in [-0.25, -0.2) is 4.68 Å². The van der Waals surface area contributed by atoms with E-state index in [4.69, 9.17) is 21.1 Å². The number of aromatic nitrogens is 2. The molecular weight excluding hydrogens is 366 g/mol. The molecule has 3 aromatic rings. The number of fused-ring (bicyclic) bond motifs is 2. The van der Waals surface area contributed by atoms with Crippen molar-refractivity contribution < 1.29 is 14.3 Å². The molecule has 2 aliphatic rings. The lowest BCUT2D eigenvalue weighted by Crippen LogP contribution is -2.24. The van der Waals surface area contributed by atoms with Crippen LogP contribution < -0.4 is 14.8 Å². The molecule has 0 bridgehead atoms. The molecule has 0 saturated carbocycles. The first kappa shape index (κ1) is 16.2. The van der Waals surface area contributed by atoms with Gasteiger partial charge in [0.25, 0.3) is 0 Å². The zero-order valence-corrected chi connectivity index (χ0v) is 15.3. The quantitative estimate of drug-likeness (QED) is 0.727. The maximum atomic E-state index is 12.5. The molecule has 1 N–H and O–H groups in total. The molecule has 0 aliphatic carbocycles. The smallest absolute Gasteiger partial charge is 0.231 e. The van der Waals surface area contributed by atoms with Crippen LogP contribution in [0.5, 0.6) is 11.5 Å². The number of carbonyl (C=O) groups excluding carboxylic acids is 1. The molecule has 7 heteroatoms. The highest BCUT2D eigenvalue weighted by Gasteiger charge is 2.33. The first-order valence-electron chi connectivity index (χ1n) is 8.65. The molecular formula is C20H16ClN3O3. The zero-order chi connectivity index (χ0) is 18.5. The van der Waals surface area contributed by atoms with E-state index in [-0.39, 0.29) is 18.6 Å². The molecule has 0 fully saturated rings. The minimum absolute atomic E-state index is 0.0478. The van der Waals surface area contributed by atoms with Gasteiger partial charge in [-0.2, -0.15) is 5.10 Å². The molecule has 1 amide bonds. The molecule has 5 rings (SSSR count). The standard InChI is InChI=1S/C20H16ClN3O3/c1-11-19-15(12-5-6-16-17(7-12)27-10-26-16)9-18(25)22-20(19)24(23-11)14-4-2-3-13(21)8-14/h2-8,15H,9-10H2,1H3,(H,22,25). The maximum Gasteiger partial charge on any atom is 0.231 e. The second-order valence-corrected chi connectivity index (χ2v) is 7.09. The minimum atomic E-state index is -0.101. The van der Waals surface area contributed by atoms with E-state index in [0.29, 0.717) is 23.0 Å². The summed E-state index contributed by atoms with van der Waals surface area (Å²) in [7, 11) is 0. The van der Waals surface area contributed by atoms with Crippen LogP contribution >= 0.6 is 11.6 Å². The number of hydrogen-bond acceptors (Lipinski definition) is 4. The van der Waals surface area contributed by atoms with E-state index in [1.165, 1.54) is 0 Å². The summed E-state index contributed by atoms with van der Waals surface area (Å²) in [5.41, 5.74) is 3.68. The Labute approximate surface area is 160 Å². The fraction of sp³-hybridized carbons (Fsp3) is 0.200. The number of benzene rings is 2. The van der Waals surface area contributed by atoms with E-state index < -0.39 is 0 Å². The summed E-state index contributed by atoms with van der Waals surface area (Å²) in [5.74, 6) is 1.98. The SMILES string of the molecule is Cc1nn(-c2cccc(Cl)c2)c2c1C(c1ccc3c(c1)OCO3)CC(=O)N2. The van der Waals surface area contributed by atoms with Crippen LogP contribution in [0.2, 0.25) is 5.02 Å². The molecule has 0 spiro atoms. The van der Waals surface area contributed by atoms with Crippen molar-refractivity contribution in [3.63, 3.8) is 0 Å². The van der Waals surface area contributed by atoms with E-state index in [2.05, 4.69) is 10.4 Å². The number of carbonyl (C=O) groups is 1. The first-order valence-corrected chi connectivity index (χ1v) is 9.03. The molecule has 6 nitrogen and oxygen atoms in total. The van der Waals surface area contributed by atoms with Crippen LogP contribution in [0, 0.1) is 6.92 Å². The third-order valence-corrected chi connectivity index (χ3v) is 5.19. The average Bonchev–Trinajstić information content (AvgIpc) is 3.25. The summed E-state index contributed by atoms with van der Waals surface area (Å²) >= 11 is 6.14. The Morgan fingerprint density at radius 2 is 2.04 bits per heavy atom. The monoisotopic (exact) mass is 381 g/mol. The maximum absolute atomic E-state index is 12.5. The van der Waals surface area contributed by atoms with Crippen LogP contribution in [-0.2, 0) is 4.79 Å². The Morgan fingerprint density at radius 1 is 1.19 bits per heavy atom. The molecule has 2 aliphatic heterocycles. The van der Waals surface area contributed by atoms with Gasteiger partial charge in [0, 0.05) is 22.9 Å². The van der Waals surface area contributed by atoms with E-state index in [1.807, 2.05) is 49.4 Å². The van der Waals surface area contributed by atoms with Crippen molar-refractivity contribution in [3.8, 4) is 17.2 Å². The molecule has 2 aromatic carbocycles. The van der Waals surface area contributed by atoms with Crippen molar-refractivity contribution in [2.45, 2.75) is 19.3 Å². The van der Waals surface area contributed by atoms with Gasteiger partial charge in [0.05, 0.1) is 11.4 Å². The Morgan fingerprint density at radius 3 is 2.89 bits per heavy atom. The van der Waals surface area contributed by atoms with E-state index in [9.17, 15) is 4.79 Å². The summed E-state index contributed by atoms with van der Waals surface area (Å²) in [6, 6.07) is 13.2. The fourth-order valence-electron chi connectivity index (χ4n) is 3.76. The highest BCUT2D eigenvalue weighted by molar-refractivity contribution is 6.30. The third-order valence-electron chi connectivity index (χ3n) is 4.95. The summed E-state index contributed by atoms with van der Waals surface area (Å²) in [6.45, 7) is 2.18. The topological polar surface area (TPSA) is 65.4 Å². The lowest BCUT2D eigenvalue weighted by atomic mass is 9.85. The average molecular weight is 382 g/mol. The molecule has 3 heterocycles. The Hall–Kier alpha value is -2.99. The molecule has 0 radical (unpaired) electrons. The molecule has 136 valence electrons. The number of anilines is 1. The predicted molar refractivity (Wildman–Crippen MR) is 101 cm³/mol. The van der Waals surface area contributed by atoms with Crippen molar-refractivity contribution in [2.75, 3.05) is 12.1 Å². The number of aryl methyl sites for hydroxylation is 1. The largest absolute Gasteiger partial charge is 0.454 e. The number of rotatable bonds is 2. The van der Waals surface area contributed by atoms with Gasteiger partial charge >= 0.3 is 0 Å². The number of nitrogens with one attached hydrogen (secondary N) is 1. The van der Waals surface area contributed by atoms with Crippen molar-refractivity contribution in [2.24, 2.45) is 0 Å². The Kier molecular flexibility index (Phi) is 3.62. The van der Waals surface area contributed by atoms with Crippen LogP contribution in [0.4, 0.5) is 5.82 Å². The number of nitrogens with zero attached hydrogens (tertiary/aromatic N) is 2. The lowest BCUT2D eigenvalue weighted by Gasteiger charge is -2.24. The van der Waals surface area contributed by atoms with E-state index in [1.54, 1.807) is 4.68 Å². The highest BCUT2D eigenvalue weighted by atomic mass is 35.5. The van der Waals surface area contributed by atoms with Gasteiger partial charge in [-0.3, -0.25) is 4.79 Å². The highest BCUT2D eigenvalue weighted by Crippen LogP contribution is 2.43. The van der Waals surface area contributed by atoms with Gasteiger partial charge in [0.2, 0.25) is 12.7 Å². The second-order valence-electron chi connectivity index (χ2n) is 6.66. The summed E-state index contributed by atoms with van der Waals surface area (Å²) in [6.07, 6.45) is 0.356. The number of hydrogen-bond donors (Lipinski definition) is 1. The Bertz CT molecular complexity index is 1080. The van der Waals surface area contributed by atoms with Crippen LogP contribution in [0.1, 0.15) is 29.2 Å². The van der Waals surface area contributed by atoms with Crippen LogP contribution in [0.25, 0.3) is 5.69 Å². The Balaban J connectivity index is 1.65. The van der Waals surface area contributed by atoms with Gasteiger partial charge < -0.3 is 14.8 Å². The third kappa shape index (κ3) is 2.64. The zero-order valence-electron chi connectivity index (χ0n) is 14.5. The lowest BCUT2D eigenvalue weighted by molar-refractivity contribution is -0.116. The molecule has 1 aromatic heterocycles. The molecule has 1 atom stereocenters. The summed E-state index contributed by atoms with van der Waals surface area (Å²) in [4.78, 5) is 12.5. The molecule has 1 unspecified atom stereocenters. The van der Waals surface area contributed by atoms with Gasteiger partial charge in [-0.05, 0) is 42.8 Å².